The molecule has 0 radical (unpaired) electrons. The molecule has 3 aromatic rings. The maximum atomic E-state index is 5.76. The standard InChI is InChI=1S/C15H18N4S/c1-19-9-8-17-15(19)7-6-13(18-16)12-10-20-14-5-3-2-4-11(12)14/h2-5,8-10,13,18H,6-7,16H2,1H3. The highest BCUT2D eigenvalue weighted by atomic mass is 32.1. The number of nitrogens with zero attached hydrogens (tertiary/aromatic N) is 2. The van der Waals surface area contributed by atoms with E-state index in [0.29, 0.717) is 0 Å². The molecule has 0 aliphatic carbocycles. The number of hydrogen-bond donors (Lipinski definition) is 2. The lowest BCUT2D eigenvalue weighted by Gasteiger charge is -2.15. The highest BCUT2D eigenvalue weighted by molar-refractivity contribution is 7.17. The van der Waals surface area contributed by atoms with Gasteiger partial charge in [-0.15, -0.1) is 11.3 Å². The minimum atomic E-state index is 0.155. The molecule has 104 valence electrons. The summed E-state index contributed by atoms with van der Waals surface area (Å²) in [4.78, 5) is 4.36. The number of thiophene rings is 1. The maximum absolute atomic E-state index is 5.76. The van der Waals surface area contributed by atoms with Crippen LogP contribution in [0.4, 0.5) is 0 Å². The molecule has 2 aromatic heterocycles. The predicted molar refractivity (Wildman–Crippen MR) is 83.4 cm³/mol. The zero-order valence-corrected chi connectivity index (χ0v) is 12.2. The number of nitrogens with one attached hydrogen (secondary N) is 1. The van der Waals surface area contributed by atoms with Crippen LogP contribution in [0, 0.1) is 0 Å². The summed E-state index contributed by atoms with van der Waals surface area (Å²) < 4.78 is 3.36. The topological polar surface area (TPSA) is 55.9 Å². The molecule has 1 aromatic carbocycles. The minimum Gasteiger partial charge on any atom is -0.338 e. The Morgan fingerprint density at radius 1 is 1.40 bits per heavy atom. The first-order chi connectivity index (χ1) is 9.79. The molecule has 0 aliphatic rings. The highest BCUT2D eigenvalue weighted by Gasteiger charge is 2.15. The van der Waals surface area contributed by atoms with Crippen LogP contribution in [0.15, 0.2) is 42.0 Å². The number of hydrogen-bond acceptors (Lipinski definition) is 4. The number of aromatic nitrogens is 2. The Morgan fingerprint density at radius 3 is 3.00 bits per heavy atom. The first kappa shape index (κ1) is 13.3. The molecule has 3 rings (SSSR count). The van der Waals surface area contributed by atoms with Crippen LogP contribution in [0.2, 0.25) is 0 Å². The van der Waals surface area contributed by atoms with Crippen LogP contribution in [0.5, 0.6) is 0 Å². The summed E-state index contributed by atoms with van der Waals surface area (Å²) in [5.41, 5.74) is 4.23. The Balaban J connectivity index is 1.81. The van der Waals surface area contributed by atoms with Crippen LogP contribution in [0.3, 0.4) is 0 Å². The fourth-order valence-corrected chi connectivity index (χ4v) is 3.52. The van der Waals surface area contributed by atoms with Crippen LogP contribution in [0.1, 0.15) is 23.9 Å². The lowest BCUT2D eigenvalue weighted by Crippen LogP contribution is -2.28. The van der Waals surface area contributed by atoms with E-state index in [1.807, 2.05) is 19.4 Å². The van der Waals surface area contributed by atoms with Gasteiger partial charge in [-0.1, -0.05) is 18.2 Å². The van der Waals surface area contributed by atoms with Crippen LogP contribution < -0.4 is 11.3 Å². The van der Waals surface area contributed by atoms with E-state index in [9.17, 15) is 0 Å². The molecule has 0 bridgehead atoms. The van der Waals surface area contributed by atoms with E-state index in [2.05, 4.69) is 44.6 Å². The van der Waals surface area contributed by atoms with Crippen molar-refractivity contribution in [3.8, 4) is 0 Å². The van der Waals surface area contributed by atoms with Crippen molar-refractivity contribution in [1.82, 2.24) is 15.0 Å². The van der Waals surface area contributed by atoms with Gasteiger partial charge in [0.05, 0.1) is 0 Å². The molecule has 0 spiro atoms. The van der Waals surface area contributed by atoms with Gasteiger partial charge in [0, 0.05) is 36.6 Å². The van der Waals surface area contributed by atoms with Crippen LogP contribution in [-0.2, 0) is 13.5 Å². The normalized spacial score (nSPS) is 12.9. The summed E-state index contributed by atoms with van der Waals surface area (Å²) in [5, 5.41) is 3.49. The second-order valence-electron chi connectivity index (χ2n) is 4.90. The third-order valence-electron chi connectivity index (χ3n) is 3.67. The molecule has 0 fully saturated rings. The lowest BCUT2D eigenvalue weighted by atomic mass is 10.0. The van der Waals surface area contributed by atoms with Crippen molar-refractivity contribution >= 4 is 21.4 Å². The van der Waals surface area contributed by atoms with E-state index in [1.54, 1.807) is 11.3 Å². The molecule has 0 aliphatic heterocycles. The third kappa shape index (κ3) is 2.47. The number of fused-ring (bicyclic) bond motifs is 1. The first-order valence-electron chi connectivity index (χ1n) is 6.68. The van der Waals surface area contributed by atoms with Crippen molar-refractivity contribution in [1.29, 1.82) is 0 Å². The van der Waals surface area contributed by atoms with Crippen molar-refractivity contribution in [3.63, 3.8) is 0 Å². The van der Waals surface area contributed by atoms with Gasteiger partial charge >= 0.3 is 0 Å². The summed E-state index contributed by atoms with van der Waals surface area (Å²) >= 11 is 1.77. The zero-order valence-electron chi connectivity index (χ0n) is 11.4. The molecular weight excluding hydrogens is 268 g/mol. The number of hydrazine groups is 1. The summed E-state index contributed by atoms with van der Waals surface area (Å²) in [6.45, 7) is 0. The fraction of sp³-hybridized carbons (Fsp3) is 0.267. The van der Waals surface area contributed by atoms with Gasteiger partial charge in [0.15, 0.2) is 0 Å². The van der Waals surface area contributed by atoms with Crippen molar-refractivity contribution in [3.05, 3.63) is 53.4 Å². The number of benzene rings is 1. The average Bonchev–Trinajstić information content (AvgIpc) is 3.07. The van der Waals surface area contributed by atoms with E-state index in [1.165, 1.54) is 15.6 Å². The molecular formula is C15H18N4S. The van der Waals surface area contributed by atoms with Crippen LogP contribution in [0.25, 0.3) is 10.1 Å². The number of aryl methyl sites for hydroxylation is 2. The van der Waals surface area contributed by atoms with E-state index < -0.39 is 0 Å². The van der Waals surface area contributed by atoms with Crippen LogP contribution in [-0.4, -0.2) is 9.55 Å². The monoisotopic (exact) mass is 286 g/mol. The number of rotatable bonds is 5. The predicted octanol–water partition coefficient (Wildman–Crippen LogP) is 2.77. The first-order valence-corrected chi connectivity index (χ1v) is 7.56. The molecule has 4 nitrogen and oxygen atoms in total. The van der Waals surface area contributed by atoms with E-state index >= 15 is 0 Å². The molecule has 0 amide bonds. The molecule has 0 saturated heterocycles. The highest BCUT2D eigenvalue weighted by Crippen LogP contribution is 2.31. The van der Waals surface area contributed by atoms with Gasteiger partial charge in [-0.05, 0) is 28.8 Å². The van der Waals surface area contributed by atoms with Gasteiger partial charge in [-0.3, -0.25) is 11.3 Å². The van der Waals surface area contributed by atoms with E-state index in [4.69, 9.17) is 5.84 Å². The van der Waals surface area contributed by atoms with Gasteiger partial charge in [-0.25, -0.2) is 4.98 Å². The zero-order chi connectivity index (χ0) is 13.9. The molecule has 2 heterocycles. The van der Waals surface area contributed by atoms with Gasteiger partial charge in [0.25, 0.3) is 0 Å². The minimum absolute atomic E-state index is 0.155. The molecule has 3 N–H and O–H groups in total. The van der Waals surface area contributed by atoms with Crippen LogP contribution >= 0.6 is 11.3 Å². The summed E-state index contributed by atoms with van der Waals surface area (Å²) in [6, 6.07) is 8.61. The molecule has 20 heavy (non-hydrogen) atoms. The third-order valence-corrected chi connectivity index (χ3v) is 4.65. The Kier molecular flexibility index (Phi) is 3.82. The molecule has 5 heteroatoms. The maximum Gasteiger partial charge on any atom is 0.108 e. The Morgan fingerprint density at radius 2 is 2.25 bits per heavy atom. The summed E-state index contributed by atoms with van der Waals surface area (Å²) in [6.07, 6.45) is 5.64. The lowest BCUT2D eigenvalue weighted by molar-refractivity contribution is 0.510. The Hall–Kier alpha value is -1.69. The summed E-state index contributed by atoms with van der Waals surface area (Å²) in [5.74, 6) is 6.85. The second kappa shape index (κ2) is 5.75. The summed E-state index contributed by atoms with van der Waals surface area (Å²) in [7, 11) is 2.02. The SMILES string of the molecule is Cn1ccnc1CCC(NN)c1csc2ccccc12. The quantitative estimate of drug-likeness (QED) is 0.560. The van der Waals surface area contributed by atoms with Gasteiger partial charge in [0.2, 0.25) is 0 Å². The largest absolute Gasteiger partial charge is 0.338 e. The second-order valence-corrected chi connectivity index (χ2v) is 5.81. The molecule has 1 atom stereocenters. The average molecular weight is 286 g/mol. The molecule has 1 unspecified atom stereocenters. The Bertz CT molecular complexity index is 701. The van der Waals surface area contributed by atoms with E-state index in [-0.39, 0.29) is 6.04 Å². The van der Waals surface area contributed by atoms with Gasteiger partial charge in [-0.2, -0.15) is 0 Å². The fourth-order valence-electron chi connectivity index (χ4n) is 2.51. The number of imidazole rings is 1. The van der Waals surface area contributed by atoms with Crippen molar-refractivity contribution in [2.75, 3.05) is 0 Å². The van der Waals surface area contributed by atoms with Crippen molar-refractivity contribution in [2.45, 2.75) is 18.9 Å². The number of nitrogens with two attached hydrogens (primary N) is 1. The molecule has 0 saturated carbocycles. The van der Waals surface area contributed by atoms with Gasteiger partial charge in [0.1, 0.15) is 5.82 Å². The van der Waals surface area contributed by atoms with Gasteiger partial charge < -0.3 is 4.57 Å². The smallest absolute Gasteiger partial charge is 0.108 e. The van der Waals surface area contributed by atoms with Crippen molar-refractivity contribution in [2.24, 2.45) is 12.9 Å². The Labute approximate surface area is 122 Å². The van der Waals surface area contributed by atoms with E-state index in [0.717, 1.165) is 18.7 Å². The van der Waals surface area contributed by atoms with Crippen molar-refractivity contribution < 1.29 is 0 Å².